The van der Waals surface area contributed by atoms with E-state index in [1.807, 2.05) is 11.8 Å². The molecule has 1 aliphatic rings. The summed E-state index contributed by atoms with van der Waals surface area (Å²) in [5, 5.41) is 9.90. The second-order valence-corrected chi connectivity index (χ2v) is 5.56. The van der Waals surface area contributed by atoms with Gasteiger partial charge in [0.25, 0.3) is 0 Å². The predicted octanol–water partition coefficient (Wildman–Crippen LogP) is 1.24. The first-order valence-corrected chi connectivity index (χ1v) is 6.85. The third-order valence-electron chi connectivity index (χ3n) is 3.84. The highest BCUT2D eigenvalue weighted by atomic mass is 19.1. The van der Waals surface area contributed by atoms with Crippen LogP contribution in [0.4, 0.5) is 4.39 Å². The number of aliphatic hydroxyl groups is 1. The minimum Gasteiger partial charge on any atom is -0.387 e. The van der Waals surface area contributed by atoms with Crippen molar-refractivity contribution in [2.75, 3.05) is 26.7 Å². The number of carbonyl (C=O) groups is 1. The van der Waals surface area contributed by atoms with Gasteiger partial charge in [0, 0.05) is 32.2 Å². The number of amides is 1. The van der Waals surface area contributed by atoms with Crippen LogP contribution in [-0.4, -0.2) is 53.1 Å². The third-order valence-corrected chi connectivity index (χ3v) is 3.84. The third kappa shape index (κ3) is 3.35. The molecule has 0 saturated carbocycles. The fraction of sp³-hybridized carbons (Fsp3) is 0.533. The summed E-state index contributed by atoms with van der Waals surface area (Å²) in [5.41, 5.74) is -0.123. The topological polar surface area (TPSA) is 43.8 Å². The van der Waals surface area contributed by atoms with Crippen LogP contribution in [0.1, 0.15) is 18.9 Å². The van der Waals surface area contributed by atoms with Crippen molar-refractivity contribution in [2.45, 2.75) is 25.5 Å². The van der Waals surface area contributed by atoms with Crippen molar-refractivity contribution in [3.8, 4) is 0 Å². The van der Waals surface area contributed by atoms with E-state index in [2.05, 4.69) is 0 Å². The zero-order valence-corrected chi connectivity index (χ0v) is 12.0. The van der Waals surface area contributed by atoms with Gasteiger partial charge in [-0.15, -0.1) is 0 Å². The van der Waals surface area contributed by atoms with E-state index in [-0.39, 0.29) is 24.8 Å². The Morgan fingerprint density at radius 2 is 2.10 bits per heavy atom. The predicted molar refractivity (Wildman–Crippen MR) is 74.6 cm³/mol. The van der Waals surface area contributed by atoms with Gasteiger partial charge in [-0.1, -0.05) is 25.1 Å². The Morgan fingerprint density at radius 3 is 2.70 bits per heavy atom. The molecule has 0 spiro atoms. The smallest absolute Gasteiger partial charge is 0.236 e. The van der Waals surface area contributed by atoms with Crippen molar-refractivity contribution in [1.82, 2.24) is 9.80 Å². The molecule has 1 aromatic rings. The van der Waals surface area contributed by atoms with Crippen LogP contribution in [-0.2, 0) is 11.3 Å². The molecule has 1 saturated heterocycles. The molecule has 0 atom stereocenters. The van der Waals surface area contributed by atoms with Crippen molar-refractivity contribution in [3.63, 3.8) is 0 Å². The van der Waals surface area contributed by atoms with Crippen LogP contribution in [0.5, 0.6) is 0 Å². The molecule has 0 radical (unpaired) electrons. The van der Waals surface area contributed by atoms with E-state index in [0.717, 1.165) is 0 Å². The van der Waals surface area contributed by atoms with E-state index in [0.29, 0.717) is 25.1 Å². The molecule has 1 aromatic carbocycles. The molecule has 20 heavy (non-hydrogen) atoms. The lowest BCUT2D eigenvalue weighted by atomic mass is 9.91. The molecule has 1 N–H and O–H groups in total. The van der Waals surface area contributed by atoms with Crippen LogP contribution < -0.4 is 0 Å². The maximum Gasteiger partial charge on any atom is 0.236 e. The average Bonchev–Trinajstić information content (AvgIpc) is 2.39. The zero-order chi connectivity index (χ0) is 14.8. The molecule has 0 bridgehead atoms. The molecule has 1 aliphatic heterocycles. The van der Waals surface area contributed by atoms with E-state index < -0.39 is 5.60 Å². The van der Waals surface area contributed by atoms with E-state index >= 15 is 0 Å². The van der Waals surface area contributed by atoms with E-state index in [4.69, 9.17) is 0 Å². The molecule has 0 unspecified atom stereocenters. The van der Waals surface area contributed by atoms with Crippen LogP contribution in [0, 0.1) is 5.82 Å². The standard InChI is InChI=1S/C15H21FN2O2/c1-3-15(20)10-18(11-15)9-14(19)17(2)8-12-6-4-5-7-13(12)16/h4-7,20H,3,8-11H2,1-2H3. The molecule has 1 fully saturated rings. The average molecular weight is 280 g/mol. The fourth-order valence-corrected chi connectivity index (χ4v) is 2.40. The molecule has 0 aromatic heterocycles. The SMILES string of the molecule is CCC1(O)CN(CC(=O)N(C)Cc2ccccc2F)C1. The van der Waals surface area contributed by atoms with Crippen LogP contribution >= 0.6 is 0 Å². The van der Waals surface area contributed by atoms with Gasteiger partial charge >= 0.3 is 0 Å². The maximum absolute atomic E-state index is 13.5. The Bertz CT molecular complexity index is 487. The molecule has 110 valence electrons. The Morgan fingerprint density at radius 1 is 1.45 bits per heavy atom. The molecule has 1 amide bonds. The summed E-state index contributed by atoms with van der Waals surface area (Å²) in [6.45, 7) is 3.53. The second kappa shape index (κ2) is 5.89. The number of halogens is 1. The summed E-state index contributed by atoms with van der Waals surface area (Å²) in [6.07, 6.45) is 0.697. The largest absolute Gasteiger partial charge is 0.387 e. The Kier molecular flexibility index (Phi) is 4.40. The Labute approximate surface area is 118 Å². The highest BCUT2D eigenvalue weighted by Gasteiger charge is 2.40. The molecular formula is C15H21FN2O2. The summed E-state index contributed by atoms with van der Waals surface area (Å²) >= 11 is 0. The summed E-state index contributed by atoms with van der Waals surface area (Å²) in [7, 11) is 1.67. The monoisotopic (exact) mass is 280 g/mol. The molecule has 4 nitrogen and oxygen atoms in total. The fourth-order valence-electron chi connectivity index (χ4n) is 2.40. The lowest BCUT2D eigenvalue weighted by Crippen LogP contribution is -2.63. The lowest BCUT2D eigenvalue weighted by Gasteiger charge is -2.46. The van der Waals surface area contributed by atoms with Gasteiger partial charge in [0.2, 0.25) is 5.91 Å². The maximum atomic E-state index is 13.5. The quantitative estimate of drug-likeness (QED) is 0.882. The summed E-state index contributed by atoms with van der Waals surface area (Å²) in [5.74, 6) is -0.358. The molecule has 5 heteroatoms. The number of likely N-dealkylation sites (N-methyl/N-ethyl adjacent to an activating group) is 1. The van der Waals surface area contributed by atoms with E-state index in [1.165, 1.54) is 11.0 Å². The number of hydrogen-bond acceptors (Lipinski definition) is 3. The molecule has 1 heterocycles. The number of likely N-dealkylation sites (tertiary alicyclic amines) is 1. The van der Waals surface area contributed by atoms with Crippen LogP contribution in [0.3, 0.4) is 0 Å². The van der Waals surface area contributed by atoms with Gasteiger partial charge in [0.05, 0.1) is 12.1 Å². The molecule has 2 rings (SSSR count). The number of benzene rings is 1. The highest BCUT2D eigenvalue weighted by Crippen LogP contribution is 2.23. The van der Waals surface area contributed by atoms with Gasteiger partial charge in [0.15, 0.2) is 0 Å². The van der Waals surface area contributed by atoms with E-state index in [9.17, 15) is 14.3 Å². The summed E-state index contributed by atoms with van der Waals surface area (Å²) in [6, 6.07) is 6.46. The van der Waals surface area contributed by atoms with Gasteiger partial charge < -0.3 is 10.0 Å². The first-order valence-electron chi connectivity index (χ1n) is 6.85. The summed E-state index contributed by atoms with van der Waals surface area (Å²) < 4.78 is 13.5. The number of hydrogen-bond donors (Lipinski definition) is 1. The normalized spacial score (nSPS) is 17.6. The minimum absolute atomic E-state index is 0.0635. The zero-order valence-electron chi connectivity index (χ0n) is 12.0. The first-order chi connectivity index (χ1) is 9.43. The molecular weight excluding hydrogens is 259 g/mol. The number of β-amino-alcohol motifs (C(OH)–C–C–N with tert-alkyl or cyclic N) is 1. The first kappa shape index (κ1) is 14.9. The van der Waals surface area contributed by atoms with Gasteiger partial charge in [-0.2, -0.15) is 0 Å². The Hall–Kier alpha value is -1.46. The minimum atomic E-state index is -0.635. The van der Waals surface area contributed by atoms with Gasteiger partial charge in [-0.3, -0.25) is 9.69 Å². The van der Waals surface area contributed by atoms with Gasteiger partial charge in [0.1, 0.15) is 5.82 Å². The van der Waals surface area contributed by atoms with Crippen molar-refractivity contribution in [2.24, 2.45) is 0 Å². The Balaban J connectivity index is 1.83. The van der Waals surface area contributed by atoms with E-state index in [1.54, 1.807) is 25.2 Å². The van der Waals surface area contributed by atoms with Crippen LogP contribution in [0.2, 0.25) is 0 Å². The highest BCUT2D eigenvalue weighted by molar-refractivity contribution is 5.78. The lowest BCUT2D eigenvalue weighted by molar-refractivity contribution is -0.141. The van der Waals surface area contributed by atoms with Gasteiger partial charge in [-0.05, 0) is 12.5 Å². The second-order valence-electron chi connectivity index (χ2n) is 5.56. The van der Waals surface area contributed by atoms with Crippen LogP contribution in [0.15, 0.2) is 24.3 Å². The van der Waals surface area contributed by atoms with Crippen LogP contribution in [0.25, 0.3) is 0 Å². The van der Waals surface area contributed by atoms with Gasteiger partial charge in [-0.25, -0.2) is 4.39 Å². The van der Waals surface area contributed by atoms with Crippen molar-refractivity contribution < 1.29 is 14.3 Å². The number of nitrogens with zero attached hydrogens (tertiary/aromatic N) is 2. The summed E-state index contributed by atoms with van der Waals surface area (Å²) in [4.78, 5) is 15.5. The molecule has 0 aliphatic carbocycles. The number of carbonyl (C=O) groups excluding carboxylic acids is 1. The van der Waals surface area contributed by atoms with Crippen molar-refractivity contribution in [3.05, 3.63) is 35.6 Å². The number of rotatable bonds is 5. The van der Waals surface area contributed by atoms with Crippen molar-refractivity contribution in [1.29, 1.82) is 0 Å². The van der Waals surface area contributed by atoms with Crippen molar-refractivity contribution >= 4 is 5.91 Å².